The molecule has 0 radical (unpaired) electrons. The van der Waals surface area contributed by atoms with E-state index in [0.29, 0.717) is 10.8 Å². The number of nitrogens with zero attached hydrogens (tertiary/aromatic N) is 1. The van der Waals surface area contributed by atoms with Crippen LogP contribution in [0, 0.1) is 20.8 Å². The predicted octanol–water partition coefficient (Wildman–Crippen LogP) is 4.18. The van der Waals surface area contributed by atoms with Crippen LogP contribution in [0.1, 0.15) is 29.2 Å². The molecule has 1 N–H and O–H groups in total. The van der Waals surface area contributed by atoms with Crippen molar-refractivity contribution in [2.45, 2.75) is 27.7 Å². The van der Waals surface area contributed by atoms with Crippen LogP contribution in [0.15, 0.2) is 41.5 Å². The van der Waals surface area contributed by atoms with Crippen molar-refractivity contribution in [3.8, 4) is 5.75 Å². The topological polar surface area (TPSA) is 50.7 Å². The van der Waals surface area contributed by atoms with E-state index in [1.807, 2.05) is 39.0 Å². The smallest absolute Gasteiger partial charge is 0.277 e. The van der Waals surface area contributed by atoms with E-state index in [1.54, 1.807) is 18.2 Å². The summed E-state index contributed by atoms with van der Waals surface area (Å²) in [6.45, 7) is 7.73. The molecule has 0 aliphatic carbocycles. The van der Waals surface area contributed by atoms with E-state index in [4.69, 9.17) is 16.3 Å². The normalized spacial score (nSPS) is 11.3. The predicted molar refractivity (Wildman–Crippen MR) is 98.0 cm³/mol. The summed E-state index contributed by atoms with van der Waals surface area (Å²) in [6.07, 6.45) is 0. The number of hydrogen-bond donors (Lipinski definition) is 1. The van der Waals surface area contributed by atoms with Crippen molar-refractivity contribution < 1.29 is 9.53 Å². The molecule has 5 heteroatoms. The zero-order valence-electron chi connectivity index (χ0n) is 14.3. The average molecular weight is 345 g/mol. The summed E-state index contributed by atoms with van der Waals surface area (Å²) in [7, 11) is 0. The van der Waals surface area contributed by atoms with E-state index in [9.17, 15) is 4.79 Å². The fourth-order valence-corrected chi connectivity index (χ4v) is 2.35. The monoisotopic (exact) mass is 344 g/mol. The van der Waals surface area contributed by atoms with Gasteiger partial charge in [0.25, 0.3) is 5.91 Å². The standard InChI is InChI=1S/C19H21ClN2O2/c1-12-5-6-16(9-13(12)2)15(4)21-22-19(23)11-24-18-8-7-17(20)10-14(18)3/h5-10H,11H2,1-4H3,(H,22,23). The Morgan fingerprint density at radius 2 is 1.83 bits per heavy atom. The first-order valence-corrected chi connectivity index (χ1v) is 8.04. The molecule has 0 aliphatic heterocycles. The largest absolute Gasteiger partial charge is 0.483 e. The highest BCUT2D eigenvalue weighted by Gasteiger charge is 2.06. The van der Waals surface area contributed by atoms with Gasteiger partial charge < -0.3 is 4.74 Å². The van der Waals surface area contributed by atoms with Crippen molar-refractivity contribution in [2.75, 3.05) is 6.61 Å². The molecule has 0 unspecified atom stereocenters. The van der Waals surface area contributed by atoms with Gasteiger partial charge >= 0.3 is 0 Å². The molecular weight excluding hydrogens is 324 g/mol. The summed E-state index contributed by atoms with van der Waals surface area (Å²) in [6, 6.07) is 11.3. The van der Waals surface area contributed by atoms with Crippen LogP contribution in [-0.2, 0) is 4.79 Å². The third-order valence-corrected chi connectivity index (χ3v) is 4.00. The molecule has 1 amide bonds. The van der Waals surface area contributed by atoms with Gasteiger partial charge in [-0.1, -0.05) is 23.7 Å². The molecule has 0 heterocycles. The van der Waals surface area contributed by atoms with Gasteiger partial charge in [-0.2, -0.15) is 5.10 Å². The highest BCUT2D eigenvalue weighted by atomic mass is 35.5. The summed E-state index contributed by atoms with van der Waals surface area (Å²) in [5.41, 5.74) is 7.53. The zero-order valence-corrected chi connectivity index (χ0v) is 15.1. The van der Waals surface area contributed by atoms with Gasteiger partial charge in [0.05, 0.1) is 5.71 Å². The summed E-state index contributed by atoms with van der Waals surface area (Å²) < 4.78 is 5.49. The van der Waals surface area contributed by atoms with Crippen molar-refractivity contribution in [3.63, 3.8) is 0 Å². The summed E-state index contributed by atoms with van der Waals surface area (Å²) >= 11 is 5.89. The number of nitrogens with one attached hydrogen (secondary N) is 1. The molecule has 0 fully saturated rings. The van der Waals surface area contributed by atoms with Gasteiger partial charge in [-0.3, -0.25) is 4.79 Å². The number of carbonyl (C=O) groups excluding carboxylic acids is 1. The molecule has 0 aromatic heterocycles. The number of hydrogen-bond acceptors (Lipinski definition) is 3. The molecule has 126 valence electrons. The van der Waals surface area contributed by atoms with E-state index in [1.165, 1.54) is 11.1 Å². The van der Waals surface area contributed by atoms with E-state index in [-0.39, 0.29) is 12.5 Å². The highest BCUT2D eigenvalue weighted by Crippen LogP contribution is 2.21. The Labute approximate surface area is 147 Å². The van der Waals surface area contributed by atoms with Gasteiger partial charge in [-0.25, -0.2) is 5.43 Å². The second-order valence-electron chi connectivity index (χ2n) is 5.73. The first kappa shape index (κ1) is 18.0. The number of amides is 1. The van der Waals surface area contributed by atoms with Gasteiger partial charge in [0.1, 0.15) is 5.75 Å². The second-order valence-corrected chi connectivity index (χ2v) is 6.17. The van der Waals surface area contributed by atoms with Gasteiger partial charge in [-0.05, 0) is 74.2 Å². The Morgan fingerprint density at radius 3 is 2.50 bits per heavy atom. The van der Waals surface area contributed by atoms with Gasteiger partial charge in [0, 0.05) is 5.02 Å². The minimum absolute atomic E-state index is 0.105. The fourth-order valence-electron chi connectivity index (χ4n) is 2.13. The quantitative estimate of drug-likeness (QED) is 0.653. The van der Waals surface area contributed by atoms with Crippen LogP contribution in [0.4, 0.5) is 0 Å². The summed E-state index contributed by atoms with van der Waals surface area (Å²) in [5.74, 6) is 0.317. The van der Waals surface area contributed by atoms with Gasteiger partial charge in [0.2, 0.25) is 0 Å². The zero-order chi connectivity index (χ0) is 17.7. The van der Waals surface area contributed by atoms with E-state index in [0.717, 1.165) is 16.8 Å². The number of halogens is 1. The lowest BCUT2D eigenvalue weighted by molar-refractivity contribution is -0.123. The van der Waals surface area contributed by atoms with Crippen LogP contribution in [0.25, 0.3) is 0 Å². The van der Waals surface area contributed by atoms with Crippen LogP contribution in [0.5, 0.6) is 5.75 Å². The number of carbonyl (C=O) groups is 1. The molecule has 2 aromatic rings. The molecule has 2 aromatic carbocycles. The lowest BCUT2D eigenvalue weighted by atomic mass is 10.0. The first-order valence-electron chi connectivity index (χ1n) is 7.66. The van der Waals surface area contributed by atoms with Crippen LogP contribution >= 0.6 is 11.6 Å². The second kappa shape index (κ2) is 7.97. The van der Waals surface area contributed by atoms with E-state index >= 15 is 0 Å². The Kier molecular flexibility index (Phi) is 5.99. The molecular formula is C19H21ClN2O2. The molecule has 4 nitrogen and oxygen atoms in total. The minimum atomic E-state index is -0.312. The lowest BCUT2D eigenvalue weighted by Crippen LogP contribution is -2.25. The molecule has 0 atom stereocenters. The highest BCUT2D eigenvalue weighted by molar-refractivity contribution is 6.30. The number of rotatable bonds is 5. The number of hydrazone groups is 1. The average Bonchev–Trinajstić information content (AvgIpc) is 2.54. The van der Waals surface area contributed by atoms with Crippen LogP contribution < -0.4 is 10.2 Å². The number of aryl methyl sites for hydroxylation is 3. The molecule has 0 spiro atoms. The first-order chi connectivity index (χ1) is 11.4. The Hall–Kier alpha value is -2.33. The van der Waals surface area contributed by atoms with Crippen molar-refractivity contribution in [2.24, 2.45) is 5.10 Å². The molecule has 0 aliphatic rings. The van der Waals surface area contributed by atoms with Crippen molar-refractivity contribution in [3.05, 3.63) is 63.7 Å². The van der Waals surface area contributed by atoms with Crippen molar-refractivity contribution in [1.82, 2.24) is 5.43 Å². The maximum absolute atomic E-state index is 11.9. The van der Waals surface area contributed by atoms with E-state index < -0.39 is 0 Å². The van der Waals surface area contributed by atoms with Crippen molar-refractivity contribution in [1.29, 1.82) is 0 Å². The Balaban J connectivity index is 1.93. The maximum Gasteiger partial charge on any atom is 0.277 e. The lowest BCUT2D eigenvalue weighted by Gasteiger charge is -2.09. The summed E-state index contributed by atoms with van der Waals surface area (Å²) in [5, 5.41) is 4.77. The summed E-state index contributed by atoms with van der Waals surface area (Å²) in [4.78, 5) is 11.9. The van der Waals surface area contributed by atoms with Crippen LogP contribution in [-0.4, -0.2) is 18.2 Å². The van der Waals surface area contributed by atoms with E-state index in [2.05, 4.69) is 17.5 Å². The molecule has 0 saturated heterocycles. The Morgan fingerprint density at radius 1 is 1.08 bits per heavy atom. The third kappa shape index (κ3) is 4.83. The van der Waals surface area contributed by atoms with Gasteiger partial charge in [-0.15, -0.1) is 0 Å². The third-order valence-electron chi connectivity index (χ3n) is 3.77. The minimum Gasteiger partial charge on any atom is -0.483 e. The Bertz CT molecular complexity index is 785. The number of benzene rings is 2. The van der Waals surface area contributed by atoms with Crippen LogP contribution in [0.3, 0.4) is 0 Å². The molecule has 0 bridgehead atoms. The fraction of sp³-hybridized carbons (Fsp3) is 0.263. The van der Waals surface area contributed by atoms with Gasteiger partial charge in [0.15, 0.2) is 6.61 Å². The maximum atomic E-state index is 11.9. The molecule has 2 rings (SSSR count). The molecule has 24 heavy (non-hydrogen) atoms. The van der Waals surface area contributed by atoms with Crippen LogP contribution in [0.2, 0.25) is 5.02 Å². The SMILES string of the molecule is CC(=NNC(=O)COc1ccc(Cl)cc1C)c1ccc(C)c(C)c1. The van der Waals surface area contributed by atoms with Crippen molar-refractivity contribution >= 4 is 23.2 Å². The molecule has 0 saturated carbocycles. The number of ether oxygens (including phenoxy) is 1.